The van der Waals surface area contributed by atoms with Gasteiger partial charge in [-0.05, 0) is 38.1 Å². The number of carboxylic acids is 1. The molecule has 1 unspecified atom stereocenters. The molecule has 0 radical (unpaired) electrons. The van der Waals surface area contributed by atoms with E-state index in [9.17, 15) is 14.7 Å². The lowest BCUT2D eigenvalue weighted by atomic mass is 9.71. The Hall–Kier alpha value is -1.10. The van der Waals surface area contributed by atoms with Crippen LogP contribution in [0.1, 0.15) is 58.8 Å². The minimum Gasteiger partial charge on any atom is -0.481 e. The predicted octanol–water partition coefficient (Wildman–Crippen LogP) is 1.90. The Morgan fingerprint density at radius 3 is 2.35 bits per heavy atom. The van der Waals surface area contributed by atoms with E-state index in [2.05, 4.69) is 5.32 Å². The molecule has 1 atom stereocenters. The minimum absolute atomic E-state index is 0.0710. The second-order valence-electron chi connectivity index (χ2n) is 6.44. The number of nitrogens with two attached hydrogens (primary N) is 1. The van der Waals surface area contributed by atoms with Crippen molar-refractivity contribution in [2.45, 2.75) is 58.8 Å². The van der Waals surface area contributed by atoms with Crippen LogP contribution < -0.4 is 11.1 Å². The molecular formula is C15H28N2O3. The number of amides is 1. The fourth-order valence-corrected chi connectivity index (χ4v) is 2.80. The molecule has 1 saturated carbocycles. The fourth-order valence-electron chi connectivity index (χ4n) is 2.80. The van der Waals surface area contributed by atoms with Crippen molar-refractivity contribution in [1.82, 2.24) is 5.32 Å². The monoisotopic (exact) mass is 284 g/mol. The summed E-state index contributed by atoms with van der Waals surface area (Å²) in [6.07, 6.45) is 6.39. The smallest absolute Gasteiger partial charge is 0.311 e. The van der Waals surface area contributed by atoms with Gasteiger partial charge in [-0.15, -0.1) is 0 Å². The molecule has 5 heteroatoms. The van der Waals surface area contributed by atoms with Gasteiger partial charge in [0, 0.05) is 13.0 Å². The highest BCUT2D eigenvalue weighted by Crippen LogP contribution is 2.38. The van der Waals surface area contributed by atoms with Crippen LogP contribution >= 0.6 is 0 Å². The largest absolute Gasteiger partial charge is 0.481 e. The molecule has 0 aliphatic heterocycles. The topological polar surface area (TPSA) is 92.4 Å². The first kappa shape index (κ1) is 17.0. The normalized spacial score (nSPS) is 20.9. The summed E-state index contributed by atoms with van der Waals surface area (Å²) in [6, 6.07) is 0. The summed E-state index contributed by atoms with van der Waals surface area (Å²) in [5.74, 6) is -0.940. The summed E-state index contributed by atoms with van der Waals surface area (Å²) in [4.78, 5) is 23.3. The van der Waals surface area contributed by atoms with Crippen LogP contribution in [0, 0.1) is 10.8 Å². The van der Waals surface area contributed by atoms with Crippen LogP contribution in [0.2, 0.25) is 0 Å². The van der Waals surface area contributed by atoms with Crippen LogP contribution in [0.15, 0.2) is 0 Å². The Morgan fingerprint density at radius 2 is 1.90 bits per heavy atom. The van der Waals surface area contributed by atoms with Crippen molar-refractivity contribution >= 4 is 11.9 Å². The molecule has 4 N–H and O–H groups in total. The van der Waals surface area contributed by atoms with Gasteiger partial charge in [-0.1, -0.05) is 26.2 Å². The lowest BCUT2D eigenvalue weighted by Crippen LogP contribution is -2.43. The van der Waals surface area contributed by atoms with Gasteiger partial charge in [0.2, 0.25) is 5.91 Å². The summed E-state index contributed by atoms with van der Waals surface area (Å²) in [5.41, 5.74) is 4.90. The van der Waals surface area contributed by atoms with Crippen molar-refractivity contribution in [2.24, 2.45) is 16.6 Å². The Bertz CT molecular complexity index is 351. The zero-order valence-corrected chi connectivity index (χ0v) is 12.7. The Kier molecular flexibility index (Phi) is 5.99. The molecule has 0 saturated heterocycles. The molecule has 0 bridgehead atoms. The van der Waals surface area contributed by atoms with Crippen LogP contribution in [-0.2, 0) is 9.59 Å². The number of nitrogens with one attached hydrogen (secondary N) is 1. The van der Waals surface area contributed by atoms with Gasteiger partial charge in [-0.25, -0.2) is 0 Å². The van der Waals surface area contributed by atoms with E-state index < -0.39 is 11.4 Å². The second-order valence-corrected chi connectivity index (χ2v) is 6.44. The molecule has 1 aliphatic rings. The summed E-state index contributed by atoms with van der Waals surface area (Å²) in [7, 11) is 0. The summed E-state index contributed by atoms with van der Waals surface area (Å²) in [5, 5.41) is 12.0. The lowest BCUT2D eigenvalue weighted by molar-refractivity contribution is -0.148. The molecule has 0 aromatic carbocycles. The summed E-state index contributed by atoms with van der Waals surface area (Å²) < 4.78 is 0. The molecule has 1 fully saturated rings. The van der Waals surface area contributed by atoms with Crippen LogP contribution in [0.3, 0.4) is 0 Å². The summed E-state index contributed by atoms with van der Waals surface area (Å²) >= 11 is 0. The third-order valence-corrected chi connectivity index (χ3v) is 4.86. The minimum atomic E-state index is -0.891. The third kappa shape index (κ3) is 4.20. The Balaban J connectivity index is 2.52. The van der Waals surface area contributed by atoms with Gasteiger partial charge < -0.3 is 16.2 Å². The maximum absolute atomic E-state index is 12.1. The average Bonchev–Trinajstić information content (AvgIpc) is 2.45. The molecule has 0 heterocycles. The van der Waals surface area contributed by atoms with Gasteiger partial charge in [0.05, 0.1) is 5.41 Å². The van der Waals surface area contributed by atoms with Crippen molar-refractivity contribution in [2.75, 3.05) is 13.1 Å². The van der Waals surface area contributed by atoms with Gasteiger partial charge in [0.1, 0.15) is 0 Å². The van der Waals surface area contributed by atoms with Crippen molar-refractivity contribution in [3.8, 4) is 0 Å². The first-order chi connectivity index (χ1) is 9.37. The van der Waals surface area contributed by atoms with E-state index in [1.54, 1.807) is 6.92 Å². The maximum atomic E-state index is 12.1. The van der Waals surface area contributed by atoms with Crippen LogP contribution in [-0.4, -0.2) is 30.1 Å². The average molecular weight is 284 g/mol. The quantitative estimate of drug-likeness (QED) is 0.665. The molecule has 0 aromatic heterocycles. The fraction of sp³-hybridized carbons (Fsp3) is 0.867. The van der Waals surface area contributed by atoms with Gasteiger partial charge in [-0.2, -0.15) is 0 Å². The number of aliphatic carboxylic acids is 1. The highest BCUT2D eigenvalue weighted by atomic mass is 16.4. The van der Waals surface area contributed by atoms with Gasteiger partial charge >= 0.3 is 5.97 Å². The SMILES string of the molecule is CCC(C)(CNC(=O)CC1(CN)CCCCC1)C(=O)O. The highest BCUT2D eigenvalue weighted by Gasteiger charge is 2.35. The molecular weight excluding hydrogens is 256 g/mol. The molecule has 116 valence electrons. The van der Waals surface area contributed by atoms with Crippen molar-refractivity contribution in [1.29, 1.82) is 0 Å². The second kappa shape index (κ2) is 7.07. The molecule has 1 rings (SSSR count). The van der Waals surface area contributed by atoms with Crippen LogP contribution in [0.25, 0.3) is 0 Å². The Labute approximate surface area is 121 Å². The molecule has 0 spiro atoms. The van der Waals surface area contributed by atoms with E-state index >= 15 is 0 Å². The number of hydrogen-bond donors (Lipinski definition) is 3. The number of carbonyl (C=O) groups excluding carboxylic acids is 1. The van der Waals surface area contributed by atoms with Crippen molar-refractivity contribution in [3.05, 3.63) is 0 Å². The zero-order valence-electron chi connectivity index (χ0n) is 12.7. The number of carbonyl (C=O) groups is 2. The van der Waals surface area contributed by atoms with Crippen LogP contribution in [0.5, 0.6) is 0 Å². The van der Waals surface area contributed by atoms with Crippen molar-refractivity contribution in [3.63, 3.8) is 0 Å². The molecule has 0 aromatic rings. The van der Waals surface area contributed by atoms with E-state index in [0.717, 1.165) is 25.7 Å². The number of carboxylic acid groups (broad SMARTS) is 1. The molecule has 20 heavy (non-hydrogen) atoms. The lowest BCUT2D eigenvalue weighted by Gasteiger charge is -2.36. The molecule has 1 amide bonds. The van der Waals surface area contributed by atoms with E-state index in [4.69, 9.17) is 5.73 Å². The van der Waals surface area contributed by atoms with Gasteiger partial charge in [0.15, 0.2) is 0 Å². The van der Waals surface area contributed by atoms with Crippen LogP contribution in [0.4, 0.5) is 0 Å². The predicted molar refractivity (Wildman–Crippen MR) is 78.2 cm³/mol. The third-order valence-electron chi connectivity index (χ3n) is 4.86. The first-order valence-corrected chi connectivity index (χ1v) is 7.58. The highest BCUT2D eigenvalue weighted by molar-refractivity contribution is 5.79. The van der Waals surface area contributed by atoms with E-state index in [-0.39, 0.29) is 17.9 Å². The maximum Gasteiger partial charge on any atom is 0.311 e. The first-order valence-electron chi connectivity index (χ1n) is 7.58. The van der Waals surface area contributed by atoms with Gasteiger partial charge in [0.25, 0.3) is 0 Å². The number of rotatable bonds is 7. The van der Waals surface area contributed by atoms with E-state index in [1.165, 1.54) is 6.42 Å². The standard InChI is InChI=1S/C15H28N2O3/c1-3-14(2,13(19)20)11-17-12(18)9-15(10-16)7-5-4-6-8-15/h3-11,16H2,1-2H3,(H,17,18)(H,19,20). The zero-order chi connectivity index (χ0) is 15.2. The van der Waals surface area contributed by atoms with Crippen molar-refractivity contribution < 1.29 is 14.7 Å². The Morgan fingerprint density at radius 1 is 1.30 bits per heavy atom. The number of hydrogen-bond acceptors (Lipinski definition) is 3. The van der Waals surface area contributed by atoms with E-state index in [0.29, 0.717) is 19.4 Å². The van der Waals surface area contributed by atoms with E-state index in [1.807, 2.05) is 6.92 Å². The summed E-state index contributed by atoms with van der Waals surface area (Å²) in [6.45, 7) is 4.19. The van der Waals surface area contributed by atoms with Gasteiger partial charge in [-0.3, -0.25) is 9.59 Å². The molecule has 5 nitrogen and oxygen atoms in total. The molecule has 1 aliphatic carbocycles.